The molecule has 3 rings (SSSR count). The molecule has 1 aliphatic carbocycles. The smallest absolute Gasteiger partial charge is 0.303 e. The summed E-state index contributed by atoms with van der Waals surface area (Å²) < 4.78 is 11.6. The number of hydrogen-bond donors (Lipinski definition) is 1. The van der Waals surface area contributed by atoms with Gasteiger partial charge in [0.15, 0.2) is 11.5 Å². The van der Waals surface area contributed by atoms with Crippen molar-refractivity contribution in [2.45, 2.75) is 39.0 Å². The van der Waals surface area contributed by atoms with Gasteiger partial charge in [-0.25, -0.2) is 0 Å². The zero-order chi connectivity index (χ0) is 14.3. The van der Waals surface area contributed by atoms with Crippen LogP contribution in [0.25, 0.3) is 0 Å². The van der Waals surface area contributed by atoms with Gasteiger partial charge in [-0.05, 0) is 43.7 Å². The largest absolute Gasteiger partial charge is 0.486 e. The van der Waals surface area contributed by atoms with Gasteiger partial charge in [0.25, 0.3) is 0 Å². The molecule has 1 heterocycles. The molecule has 0 aromatic heterocycles. The van der Waals surface area contributed by atoms with Gasteiger partial charge in [-0.1, -0.05) is 6.07 Å². The molecule has 1 aromatic rings. The van der Waals surface area contributed by atoms with Gasteiger partial charge in [0.1, 0.15) is 13.2 Å². The van der Waals surface area contributed by atoms with Crippen molar-refractivity contribution in [2.24, 2.45) is 5.92 Å². The highest BCUT2D eigenvalue weighted by Gasteiger charge is 2.37. The molecule has 2 aliphatic rings. The minimum Gasteiger partial charge on any atom is -0.486 e. The van der Waals surface area contributed by atoms with E-state index < -0.39 is 5.97 Å². The minimum absolute atomic E-state index is 0.0437. The fourth-order valence-corrected chi connectivity index (χ4v) is 2.99. The quantitative estimate of drug-likeness (QED) is 0.918. The van der Waals surface area contributed by atoms with Crippen molar-refractivity contribution in [1.82, 2.24) is 0 Å². The SMILES string of the molecule is Cc1cc(C(CC(=O)O)C2CC2)c2c(c1C)OCCO2. The second-order valence-corrected chi connectivity index (χ2v) is 5.80. The molecule has 20 heavy (non-hydrogen) atoms. The Kier molecular flexibility index (Phi) is 3.32. The van der Waals surface area contributed by atoms with Gasteiger partial charge in [0, 0.05) is 11.5 Å². The number of carboxylic acid groups (broad SMARTS) is 1. The molecule has 1 N–H and O–H groups in total. The Morgan fingerprint density at radius 3 is 2.55 bits per heavy atom. The minimum atomic E-state index is -0.745. The molecule has 4 heteroatoms. The van der Waals surface area contributed by atoms with E-state index in [0.717, 1.165) is 41.0 Å². The number of rotatable bonds is 4. The van der Waals surface area contributed by atoms with Gasteiger partial charge in [0.05, 0.1) is 6.42 Å². The van der Waals surface area contributed by atoms with Crippen molar-refractivity contribution in [3.05, 3.63) is 22.8 Å². The van der Waals surface area contributed by atoms with Gasteiger partial charge in [-0.15, -0.1) is 0 Å². The number of hydrogen-bond acceptors (Lipinski definition) is 3. The Morgan fingerprint density at radius 2 is 1.95 bits per heavy atom. The predicted molar refractivity (Wildman–Crippen MR) is 74.6 cm³/mol. The molecule has 1 saturated carbocycles. The summed E-state index contributed by atoms with van der Waals surface area (Å²) in [6.07, 6.45) is 2.39. The van der Waals surface area contributed by atoms with Crippen LogP contribution in [0.2, 0.25) is 0 Å². The average Bonchev–Trinajstić information content (AvgIpc) is 3.25. The maximum atomic E-state index is 11.2. The topological polar surface area (TPSA) is 55.8 Å². The van der Waals surface area contributed by atoms with Crippen molar-refractivity contribution < 1.29 is 19.4 Å². The molecule has 0 radical (unpaired) electrons. The number of carbonyl (C=O) groups is 1. The molecule has 1 aliphatic heterocycles. The van der Waals surface area contributed by atoms with Gasteiger partial charge in [-0.2, -0.15) is 0 Å². The van der Waals surface area contributed by atoms with E-state index in [2.05, 4.69) is 6.07 Å². The summed E-state index contributed by atoms with van der Waals surface area (Å²) in [5, 5.41) is 9.18. The molecule has 1 unspecified atom stereocenters. The third kappa shape index (κ3) is 2.35. The molecule has 4 nitrogen and oxygen atoms in total. The summed E-state index contributed by atoms with van der Waals surface area (Å²) in [5.74, 6) is 1.36. The van der Waals surface area contributed by atoms with E-state index in [-0.39, 0.29) is 12.3 Å². The van der Waals surface area contributed by atoms with E-state index in [1.165, 1.54) is 0 Å². The summed E-state index contributed by atoms with van der Waals surface area (Å²) >= 11 is 0. The first-order valence-electron chi connectivity index (χ1n) is 7.19. The van der Waals surface area contributed by atoms with Gasteiger partial charge in [0.2, 0.25) is 0 Å². The lowest BCUT2D eigenvalue weighted by Gasteiger charge is -2.27. The number of ether oxygens (including phenoxy) is 2. The summed E-state index contributed by atoms with van der Waals surface area (Å²) in [4.78, 5) is 11.2. The lowest BCUT2D eigenvalue weighted by atomic mass is 9.87. The van der Waals surface area contributed by atoms with Crippen LogP contribution in [0.1, 0.15) is 41.9 Å². The van der Waals surface area contributed by atoms with Crippen molar-refractivity contribution in [3.63, 3.8) is 0 Å². The van der Waals surface area contributed by atoms with Crippen LogP contribution in [0.15, 0.2) is 6.07 Å². The maximum Gasteiger partial charge on any atom is 0.303 e. The molecule has 0 saturated heterocycles. The van der Waals surface area contributed by atoms with Crippen LogP contribution in [0, 0.1) is 19.8 Å². The highest BCUT2D eigenvalue weighted by molar-refractivity contribution is 5.69. The van der Waals surface area contributed by atoms with E-state index in [4.69, 9.17) is 9.47 Å². The maximum absolute atomic E-state index is 11.2. The van der Waals surface area contributed by atoms with Gasteiger partial charge >= 0.3 is 5.97 Å². The van der Waals surface area contributed by atoms with Crippen molar-refractivity contribution >= 4 is 5.97 Å². The Hall–Kier alpha value is -1.71. The number of fused-ring (bicyclic) bond motifs is 1. The molecule has 1 atom stereocenters. The first kappa shape index (κ1) is 13.3. The van der Waals surface area contributed by atoms with Gasteiger partial charge < -0.3 is 14.6 Å². The first-order valence-corrected chi connectivity index (χ1v) is 7.19. The molecule has 0 amide bonds. The van der Waals surface area contributed by atoms with Crippen LogP contribution >= 0.6 is 0 Å². The monoisotopic (exact) mass is 276 g/mol. The standard InChI is InChI=1S/C16H20O4/c1-9-7-13(12(8-14(17)18)11-3-4-11)16-15(10(9)2)19-5-6-20-16/h7,11-12H,3-6,8H2,1-2H3,(H,17,18). The Morgan fingerprint density at radius 1 is 1.30 bits per heavy atom. The zero-order valence-electron chi connectivity index (χ0n) is 11.9. The fourth-order valence-electron chi connectivity index (χ4n) is 2.99. The summed E-state index contributed by atoms with van der Waals surface area (Å²) in [6.45, 7) is 5.16. The highest BCUT2D eigenvalue weighted by atomic mass is 16.6. The van der Waals surface area contributed by atoms with Crippen LogP contribution in [0.4, 0.5) is 0 Å². The summed E-state index contributed by atoms with van der Waals surface area (Å²) in [6, 6.07) is 2.09. The number of aryl methyl sites for hydroxylation is 1. The fraction of sp³-hybridized carbons (Fsp3) is 0.562. The van der Waals surface area contributed by atoms with Crippen LogP contribution in [-0.4, -0.2) is 24.3 Å². The van der Waals surface area contributed by atoms with E-state index in [1.807, 2.05) is 13.8 Å². The van der Waals surface area contributed by atoms with Crippen LogP contribution in [0.5, 0.6) is 11.5 Å². The van der Waals surface area contributed by atoms with E-state index >= 15 is 0 Å². The number of benzene rings is 1. The van der Waals surface area contributed by atoms with Crippen LogP contribution in [-0.2, 0) is 4.79 Å². The summed E-state index contributed by atoms with van der Waals surface area (Å²) in [5.41, 5.74) is 3.25. The Balaban J connectivity index is 2.07. The highest BCUT2D eigenvalue weighted by Crippen LogP contribution is 2.50. The van der Waals surface area contributed by atoms with E-state index in [9.17, 15) is 9.90 Å². The molecular weight excluding hydrogens is 256 g/mol. The molecular formula is C16H20O4. The van der Waals surface area contributed by atoms with E-state index in [1.54, 1.807) is 0 Å². The zero-order valence-corrected chi connectivity index (χ0v) is 11.9. The first-order chi connectivity index (χ1) is 9.58. The lowest BCUT2D eigenvalue weighted by Crippen LogP contribution is -2.20. The number of carboxylic acids is 1. The van der Waals surface area contributed by atoms with Crippen LogP contribution in [0.3, 0.4) is 0 Å². The van der Waals surface area contributed by atoms with Crippen molar-refractivity contribution in [3.8, 4) is 11.5 Å². The molecule has 1 fully saturated rings. The van der Waals surface area contributed by atoms with Gasteiger partial charge in [-0.3, -0.25) is 4.79 Å². The number of aliphatic carboxylic acids is 1. The average molecular weight is 276 g/mol. The third-order valence-corrected chi connectivity index (χ3v) is 4.33. The predicted octanol–water partition coefficient (Wildman–Crippen LogP) is 3.04. The molecule has 108 valence electrons. The van der Waals surface area contributed by atoms with E-state index in [0.29, 0.717) is 19.1 Å². The molecule has 0 bridgehead atoms. The third-order valence-electron chi connectivity index (χ3n) is 4.33. The second-order valence-electron chi connectivity index (χ2n) is 5.80. The second kappa shape index (κ2) is 5.00. The Labute approximate surface area is 118 Å². The molecule has 0 spiro atoms. The van der Waals surface area contributed by atoms with Crippen LogP contribution < -0.4 is 9.47 Å². The Bertz CT molecular complexity index is 546. The normalized spacial score (nSPS) is 18.7. The molecule has 1 aromatic carbocycles. The van der Waals surface area contributed by atoms with Crippen molar-refractivity contribution in [1.29, 1.82) is 0 Å². The lowest BCUT2D eigenvalue weighted by molar-refractivity contribution is -0.137. The van der Waals surface area contributed by atoms with Crippen molar-refractivity contribution in [2.75, 3.05) is 13.2 Å². The summed E-state index contributed by atoms with van der Waals surface area (Å²) in [7, 11) is 0.